The van der Waals surface area contributed by atoms with Crippen LogP contribution in [0.3, 0.4) is 0 Å². The second-order valence-corrected chi connectivity index (χ2v) is 8.03. The highest BCUT2D eigenvalue weighted by molar-refractivity contribution is 7.89. The number of halogens is 1. The Bertz CT molecular complexity index is 460. The molecule has 110 valence electrons. The Kier molecular flexibility index (Phi) is 7.94. The molecule has 19 heavy (non-hydrogen) atoms. The summed E-state index contributed by atoms with van der Waals surface area (Å²) in [4.78, 5) is 0.929. The van der Waals surface area contributed by atoms with E-state index in [1.54, 1.807) is 6.07 Å². The van der Waals surface area contributed by atoms with Crippen molar-refractivity contribution in [2.24, 2.45) is 0 Å². The summed E-state index contributed by atoms with van der Waals surface area (Å²) in [6.45, 7) is 4.31. The molecule has 0 saturated heterocycles. The lowest BCUT2D eigenvalue weighted by atomic mass is 10.3. The normalized spacial score (nSPS) is 11.9. The topological polar surface area (TPSA) is 58.2 Å². The van der Waals surface area contributed by atoms with Crippen LogP contribution in [-0.4, -0.2) is 27.3 Å². The zero-order valence-corrected chi connectivity index (χ0v) is 13.5. The van der Waals surface area contributed by atoms with Crippen molar-refractivity contribution in [3.63, 3.8) is 0 Å². The van der Waals surface area contributed by atoms with Gasteiger partial charge in [0.25, 0.3) is 0 Å². The Morgan fingerprint density at radius 2 is 2.05 bits per heavy atom. The fraction of sp³-hybridized carbons (Fsp3) is 0.667. The van der Waals surface area contributed by atoms with Gasteiger partial charge in [0, 0.05) is 11.4 Å². The number of sulfonamides is 1. The summed E-state index contributed by atoms with van der Waals surface area (Å²) < 4.78 is 26.8. The summed E-state index contributed by atoms with van der Waals surface area (Å²) >= 11 is 7.18. The van der Waals surface area contributed by atoms with Crippen molar-refractivity contribution in [2.45, 2.75) is 32.7 Å². The molecule has 0 fully saturated rings. The van der Waals surface area contributed by atoms with Crippen LogP contribution in [0.15, 0.2) is 12.1 Å². The maximum absolute atomic E-state index is 11.7. The van der Waals surface area contributed by atoms with E-state index in [1.807, 2.05) is 6.07 Å². The van der Waals surface area contributed by atoms with Crippen LogP contribution in [0.2, 0.25) is 4.34 Å². The van der Waals surface area contributed by atoms with Crippen LogP contribution < -0.4 is 10.0 Å². The Balaban J connectivity index is 2.17. The molecular weight excluding hydrogens is 304 g/mol. The minimum atomic E-state index is -3.18. The molecule has 0 saturated carbocycles. The van der Waals surface area contributed by atoms with Crippen molar-refractivity contribution >= 4 is 33.0 Å². The molecule has 1 rings (SSSR count). The molecule has 4 nitrogen and oxygen atoms in total. The number of hydrogen-bond acceptors (Lipinski definition) is 4. The van der Waals surface area contributed by atoms with Gasteiger partial charge in [0.15, 0.2) is 0 Å². The van der Waals surface area contributed by atoms with Gasteiger partial charge in [0.2, 0.25) is 10.0 Å². The quantitative estimate of drug-likeness (QED) is 0.650. The van der Waals surface area contributed by atoms with Crippen molar-refractivity contribution < 1.29 is 8.42 Å². The van der Waals surface area contributed by atoms with Crippen molar-refractivity contribution in [1.29, 1.82) is 0 Å². The molecule has 1 heterocycles. The van der Waals surface area contributed by atoms with E-state index in [4.69, 9.17) is 11.6 Å². The summed E-state index contributed by atoms with van der Waals surface area (Å²) in [5, 5.41) is 3.25. The van der Waals surface area contributed by atoms with Crippen LogP contribution >= 0.6 is 22.9 Å². The first-order valence-electron chi connectivity index (χ1n) is 6.46. The summed E-state index contributed by atoms with van der Waals surface area (Å²) in [6, 6.07) is 3.61. The molecule has 0 aliphatic heterocycles. The average Bonchev–Trinajstić information content (AvgIpc) is 2.77. The van der Waals surface area contributed by atoms with Crippen LogP contribution in [-0.2, 0) is 16.6 Å². The van der Waals surface area contributed by atoms with Crippen molar-refractivity contribution in [3.05, 3.63) is 21.3 Å². The third-order valence-corrected chi connectivity index (χ3v) is 5.18. The number of unbranched alkanes of at least 4 members (excludes halogenated alkanes) is 1. The molecule has 0 atom stereocenters. The second-order valence-electron chi connectivity index (χ2n) is 4.30. The zero-order chi connectivity index (χ0) is 14.1. The SMILES string of the molecule is CCCNCCCCS(=O)(=O)NCc1ccc(Cl)s1. The van der Waals surface area contributed by atoms with Gasteiger partial charge < -0.3 is 5.32 Å². The van der Waals surface area contributed by atoms with E-state index in [2.05, 4.69) is 17.0 Å². The summed E-state index contributed by atoms with van der Waals surface area (Å²) in [5.74, 6) is 0.180. The monoisotopic (exact) mass is 324 g/mol. The van der Waals surface area contributed by atoms with E-state index in [0.717, 1.165) is 30.8 Å². The lowest BCUT2D eigenvalue weighted by molar-refractivity contribution is 0.573. The number of thiophene rings is 1. The zero-order valence-electron chi connectivity index (χ0n) is 11.1. The molecule has 0 radical (unpaired) electrons. The summed E-state index contributed by atoms with van der Waals surface area (Å²) in [6.07, 6.45) is 2.66. The molecule has 2 N–H and O–H groups in total. The van der Waals surface area contributed by atoms with E-state index in [1.165, 1.54) is 11.3 Å². The Hall–Kier alpha value is -0.140. The highest BCUT2D eigenvalue weighted by Gasteiger charge is 2.10. The Labute approximate surface area is 124 Å². The van der Waals surface area contributed by atoms with Crippen LogP contribution in [0, 0.1) is 0 Å². The van der Waals surface area contributed by atoms with Crippen molar-refractivity contribution in [1.82, 2.24) is 10.0 Å². The van der Waals surface area contributed by atoms with Crippen molar-refractivity contribution in [2.75, 3.05) is 18.8 Å². The highest BCUT2D eigenvalue weighted by Crippen LogP contribution is 2.21. The maximum Gasteiger partial charge on any atom is 0.211 e. The van der Waals surface area contributed by atoms with E-state index < -0.39 is 10.0 Å². The Morgan fingerprint density at radius 1 is 1.26 bits per heavy atom. The van der Waals surface area contributed by atoms with E-state index in [-0.39, 0.29) is 5.75 Å². The second kappa shape index (κ2) is 8.92. The lowest BCUT2D eigenvalue weighted by Gasteiger charge is -2.06. The maximum atomic E-state index is 11.7. The Morgan fingerprint density at radius 3 is 2.68 bits per heavy atom. The predicted molar refractivity (Wildman–Crippen MR) is 82.4 cm³/mol. The minimum Gasteiger partial charge on any atom is -0.317 e. The lowest BCUT2D eigenvalue weighted by Crippen LogP contribution is -2.26. The van der Waals surface area contributed by atoms with Crippen LogP contribution in [0.5, 0.6) is 0 Å². The fourth-order valence-corrected chi connectivity index (χ4v) is 3.77. The molecule has 0 amide bonds. The molecule has 0 bridgehead atoms. The standard InChI is InChI=1S/C12H21ClN2O2S2/c1-2-7-14-8-3-4-9-19(16,17)15-10-11-5-6-12(13)18-11/h5-6,14-15H,2-4,7-10H2,1H3. The molecule has 0 aliphatic carbocycles. The summed E-state index contributed by atoms with van der Waals surface area (Å²) in [7, 11) is -3.18. The smallest absolute Gasteiger partial charge is 0.211 e. The molecule has 0 aromatic carbocycles. The summed E-state index contributed by atoms with van der Waals surface area (Å²) in [5.41, 5.74) is 0. The molecule has 1 aromatic rings. The van der Waals surface area contributed by atoms with Gasteiger partial charge in [-0.1, -0.05) is 18.5 Å². The number of rotatable bonds is 10. The predicted octanol–water partition coefficient (Wildman–Crippen LogP) is 2.60. The first-order valence-corrected chi connectivity index (χ1v) is 9.30. The third-order valence-electron chi connectivity index (χ3n) is 2.54. The van der Waals surface area contributed by atoms with Crippen LogP contribution in [0.1, 0.15) is 31.1 Å². The van der Waals surface area contributed by atoms with Gasteiger partial charge in [0.05, 0.1) is 10.1 Å². The van der Waals surface area contributed by atoms with Gasteiger partial charge in [0.1, 0.15) is 0 Å². The minimum absolute atomic E-state index is 0.180. The van der Waals surface area contributed by atoms with Crippen LogP contribution in [0.25, 0.3) is 0 Å². The molecule has 0 spiro atoms. The van der Waals surface area contributed by atoms with Crippen LogP contribution in [0.4, 0.5) is 0 Å². The highest BCUT2D eigenvalue weighted by atomic mass is 35.5. The fourth-order valence-electron chi connectivity index (χ4n) is 1.54. The van der Waals surface area contributed by atoms with Gasteiger partial charge >= 0.3 is 0 Å². The van der Waals surface area contributed by atoms with Gasteiger partial charge in [-0.25, -0.2) is 13.1 Å². The van der Waals surface area contributed by atoms with Gasteiger partial charge in [-0.15, -0.1) is 11.3 Å². The third kappa shape index (κ3) is 7.89. The number of nitrogens with one attached hydrogen (secondary N) is 2. The van der Waals surface area contributed by atoms with Gasteiger partial charge in [-0.05, 0) is 44.5 Å². The first-order chi connectivity index (χ1) is 9.03. The van der Waals surface area contributed by atoms with E-state index in [9.17, 15) is 8.42 Å². The number of hydrogen-bond donors (Lipinski definition) is 2. The molecule has 0 aliphatic rings. The molecular formula is C12H21ClN2O2S2. The first kappa shape index (κ1) is 16.9. The average molecular weight is 325 g/mol. The molecule has 1 aromatic heterocycles. The molecule has 7 heteroatoms. The molecule has 0 unspecified atom stereocenters. The van der Waals surface area contributed by atoms with Crippen molar-refractivity contribution in [3.8, 4) is 0 Å². The van der Waals surface area contributed by atoms with Gasteiger partial charge in [-0.2, -0.15) is 0 Å². The van der Waals surface area contributed by atoms with Gasteiger partial charge in [-0.3, -0.25) is 0 Å². The van der Waals surface area contributed by atoms with E-state index in [0.29, 0.717) is 17.3 Å². The largest absolute Gasteiger partial charge is 0.317 e. The van der Waals surface area contributed by atoms with E-state index >= 15 is 0 Å².